The second-order valence-corrected chi connectivity index (χ2v) is 2.14. The predicted octanol–water partition coefficient (Wildman–Crippen LogP) is -0.0920. The number of rotatable bonds is 0. The molecule has 1 atom stereocenters. The van der Waals surface area contributed by atoms with Gasteiger partial charge in [0.15, 0.2) is 0 Å². The van der Waals surface area contributed by atoms with Gasteiger partial charge in [0.25, 0.3) is 0 Å². The van der Waals surface area contributed by atoms with Gasteiger partial charge in [-0.2, -0.15) is 0 Å². The van der Waals surface area contributed by atoms with Gasteiger partial charge in [-0.3, -0.25) is 4.79 Å². The Balaban J connectivity index is 2.69. The Kier molecular flexibility index (Phi) is 1.93. The molecule has 0 aromatic carbocycles. The highest BCUT2D eigenvalue weighted by molar-refractivity contribution is 5.80. The van der Waals surface area contributed by atoms with Crippen LogP contribution in [0.5, 0.6) is 0 Å². The maximum atomic E-state index is 10.8. The summed E-state index contributed by atoms with van der Waals surface area (Å²) in [5.74, 6) is 2.48. The van der Waals surface area contributed by atoms with Gasteiger partial charge in [0.2, 0.25) is 5.91 Å². The third-order valence-corrected chi connectivity index (χ3v) is 1.42. The normalized spacial score (nSPS) is 24.4. The largest absolute Gasteiger partial charge is 0.372 e. The van der Waals surface area contributed by atoms with Crippen molar-refractivity contribution in [3.63, 3.8) is 0 Å². The first kappa shape index (κ1) is 7.10. The summed E-state index contributed by atoms with van der Waals surface area (Å²) in [5.41, 5.74) is 0. The first-order chi connectivity index (χ1) is 4.75. The van der Waals surface area contributed by atoms with Crippen LogP contribution in [0.1, 0.15) is 19.8 Å². The molecular formula is C7H9NO2. The Hall–Kier alpha value is -1.01. The molecule has 3 heteroatoms. The third-order valence-electron chi connectivity index (χ3n) is 1.42. The molecule has 0 radical (unpaired) electrons. The molecule has 1 unspecified atom stereocenters. The van der Waals surface area contributed by atoms with Crippen molar-refractivity contribution in [3.8, 4) is 12.0 Å². The van der Waals surface area contributed by atoms with Crippen LogP contribution < -0.4 is 0 Å². The molecule has 0 saturated carbocycles. The van der Waals surface area contributed by atoms with Crippen molar-refractivity contribution >= 4 is 5.91 Å². The fraction of sp³-hybridized carbons (Fsp3) is 0.571. The second kappa shape index (κ2) is 2.72. The molecule has 0 spiro atoms. The van der Waals surface area contributed by atoms with Gasteiger partial charge in [0, 0.05) is 18.9 Å². The molecule has 1 amide bonds. The summed E-state index contributed by atoms with van der Waals surface area (Å²) in [7, 11) is 0. The Morgan fingerprint density at radius 1 is 1.80 bits per heavy atom. The number of hydrogen-bond acceptors (Lipinski definition) is 2. The fourth-order valence-electron chi connectivity index (χ4n) is 0.926. The molecule has 1 aliphatic rings. The minimum atomic E-state index is -0.681. The zero-order valence-corrected chi connectivity index (χ0v) is 5.79. The maximum absolute atomic E-state index is 10.8. The van der Waals surface area contributed by atoms with Gasteiger partial charge in [-0.1, -0.05) is 5.92 Å². The van der Waals surface area contributed by atoms with Crippen LogP contribution in [0.15, 0.2) is 0 Å². The van der Waals surface area contributed by atoms with E-state index < -0.39 is 6.23 Å². The van der Waals surface area contributed by atoms with Gasteiger partial charge >= 0.3 is 0 Å². The van der Waals surface area contributed by atoms with Crippen LogP contribution in [0.2, 0.25) is 0 Å². The van der Waals surface area contributed by atoms with Crippen LogP contribution in [-0.2, 0) is 4.79 Å². The van der Waals surface area contributed by atoms with Crippen molar-refractivity contribution in [3.05, 3.63) is 0 Å². The fourth-order valence-corrected chi connectivity index (χ4v) is 0.926. The van der Waals surface area contributed by atoms with Gasteiger partial charge in [0.05, 0.1) is 0 Å². The number of amides is 1. The van der Waals surface area contributed by atoms with E-state index in [4.69, 9.17) is 5.11 Å². The lowest BCUT2D eigenvalue weighted by atomic mass is 10.4. The van der Waals surface area contributed by atoms with E-state index in [9.17, 15) is 4.79 Å². The van der Waals surface area contributed by atoms with Crippen LogP contribution in [0, 0.1) is 12.0 Å². The average Bonchev–Trinajstić information content (AvgIpc) is 2.20. The highest BCUT2D eigenvalue weighted by Gasteiger charge is 2.27. The van der Waals surface area contributed by atoms with E-state index in [-0.39, 0.29) is 5.91 Å². The zero-order chi connectivity index (χ0) is 7.56. The summed E-state index contributed by atoms with van der Waals surface area (Å²) in [5, 5.41) is 9.09. The Morgan fingerprint density at radius 3 is 2.90 bits per heavy atom. The first-order valence-corrected chi connectivity index (χ1v) is 3.18. The van der Waals surface area contributed by atoms with E-state index in [1.165, 1.54) is 4.90 Å². The lowest BCUT2D eigenvalue weighted by Gasteiger charge is -2.10. The molecule has 1 rings (SSSR count). The quantitative estimate of drug-likeness (QED) is 0.476. The molecule has 0 aliphatic carbocycles. The van der Waals surface area contributed by atoms with Crippen molar-refractivity contribution in [2.75, 3.05) is 0 Å². The van der Waals surface area contributed by atoms with Crippen LogP contribution in [-0.4, -0.2) is 22.1 Å². The molecule has 1 heterocycles. The highest BCUT2D eigenvalue weighted by Crippen LogP contribution is 2.14. The molecule has 0 aromatic heterocycles. The number of hydrogen-bond donors (Lipinski definition) is 1. The summed E-state index contributed by atoms with van der Waals surface area (Å²) in [6.45, 7) is 1.64. The number of aliphatic hydroxyl groups excluding tert-OH is 1. The number of carbonyl (C=O) groups is 1. The summed E-state index contributed by atoms with van der Waals surface area (Å²) < 4.78 is 0. The summed E-state index contributed by atoms with van der Waals surface area (Å²) in [6, 6.07) is 2.53. The first-order valence-electron chi connectivity index (χ1n) is 3.18. The third kappa shape index (κ3) is 1.12. The van der Waals surface area contributed by atoms with E-state index in [1.807, 2.05) is 0 Å². The van der Waals surface area contributed by atoms with Crippen LogP contribution >= 0.6 is 0 Å². The molecular weight excluding hydrogens is 130 g/mol. The van der Waals surface area contributed by atoms with Crippen molar-refractivity contribution in [2.24, 2.45) is 0 Å². The van der Waals surface area contributed by atoms with Crippen molar-refractivity contribution < 1.29 is 9.90 Å². The number of nitrogens with zero attached hydrogens (tertiary/aromatic N) is 1. The van der Waals surface area contributed by atoms with Gasteiger partial charge in [-0.25, -0.2) is 4.90 Å². The van der Waals surface area contributed by atoms with Gasteiger partial charge in [-0.15, -0.1) is 0 Å². The summed E-state index contributed by atoms with van der Waals surface area (Å²) in [4.78, 5) is 12.0. The maximum Gasteiger partial charge on any atom is 0.236 e. The van der Waals surface area contributed by atoms with Crippen LogP contribution in [0.3, 0.4) is 0 Å². The lowest BCUT2D eigenvalue weighted by Crippen LogP contribution is -2.27. The topological polar surface area (TPSA) is 40.5 Å². The minimum Gasteiger partial charge on any atom is -0.372 e. The molecule has 3 nitrogen and oxygen atoms in total. The van der Waals surface area contributed by atoms with Crippen LogP contribution in [0.25, 0.3) is 0 Å². The SMILES string of the molecule is CC#CN1C(=O)CCC1O. The van der Waals surface area contributed by atoms with E-state index in [0.717, 1.165) is 0 Å². The monoisotopic (exact) mass is 139 g/mol. The Morgan fingerprint density at radius 2 is 2.50 bits per heavy atom. The van der Waals surface area contributed by atoms with E-state index in [1.54, 1.807) is 6.92 Å². The average molecular weight is 139 g/mol. The summed E-state index contributed by atoms with van der Waals surface area (Å²) in [6.07, 6.45) is 0.239. The van der Waals surface area contributed by atoms with Crippen molar-refractivity contribution in [1.82, 2.24) is 4.90 Å². The lowest BCUT2D eigenvalue weighted by molar-refractivity contribution is -0.128. The molecule has 1 saturated heterocycles. The number of carbonyl (C=O) groups excluding carboxylic acids is 1. The molecule has 1 N–H and O–H groups in total. The number of likely N-dealkylation sites (tertiary alicyclic amines) is 1. The second-order valence-electron chi connectivity index (χ2n) is 2.14. The van der Waals surface area contributed by atoms with Gasteiger partial charge in [0.1, 0.15) is 6.23 Å². The zero-order valence-electron chi connectivity index (χ0n) is 5.79. The molecule has 0 aromatic rings. The van der Waals surface area contributed by atoms with Crippen molar-refractivity contribution in [2.45, 2.75) is 26.0 Å². The molecule has 1 fully saturated rings. The Labute approximate surface area is 59.6 Å². The molecule has 1 aliphatic heterocycles. The number of aliphatic hydroxyl groups is 1. The standard InChI is InChI=1S/C7H9NO2/c1-2-5-8-6(9)3-4-7(8)10/h6,9H,3-4H2,1H3. The smallest absolute Gasteiger partial charge is 0.236 e. The predicted molar refractivity (Wildman–Crippen MR) is 35.5 cm³/mol. The highest BCUT2D eigenvalue weighted by atomic mass is 16.3. The van der Waals surface area contributed by atoms with Gasteiger partial charge in [-0.05, 0) is 6.92 Å². The molecule has 0 bridgehead atoms. The van der Waals surface area contributed by atoms with E-state index >= 15 is 0 Å². The van der Waals surface area contributed by atoms with Crippen LogP contribution in [0.4, 0.5) is 0 Å². The van der Waals surface area contributed by atoms with E-state index in [0.29, 0.717) is 12.8 Å². The van der Waals surface area contributed by atoms with E-state index in [2.05, 4.69) is 12.0 Å². The van der Waals surface area contributed by atoms with Gasteiger partial charge < -0.3 is 5.11 Å². The Bertz CT molecular complexity index is 201. The summed E-state index contributed by atoms with van der Waals surface area (Å²) >= 11 is 0. The van der Waals surface area contributed by atoms with Crippen molar-refractivity contribution in [1.29, 1.82) is 0 Å². The molecule has 10 heavy (non-hydrogen) atoms. The molecule has 54 valence electrons. The minimum absolute atomic E-state index is 0.0816.